The number of nitrogens with zero attached hydrogens (tertiary/aromatic N) is 1. The average Bonchev–Trinajstić information content (AvgIpc) is 2.27. The summed E-state index contributed by atoms with van der Waals surface area (Å²) in [5.41, 5.74) is 0. The van der Waals surface area contributed by atoms with Crippen LogP contribution in [0.1, 0.15) is 47.0 Å². The Bertz CT molecular complexity index is 259. The van der Waals surface area contributed by atoms with Gasteiger partial charge in [0.05, 0.1) is 6.04 Å². The van der Waals surface area contributed by atoms with Crippen LogP contribution < -0.4 is 5.32 Å². The number of carbonyl (C=O) groups is 1. The third-order valence-corrected chi connectivity index (χ3v) is 3.64. The van der Waals surface area contributed by atoms with Crippen molar-refractivity contribution in [1.29, 1.82) is 0 Å². The Morgan fingerprint density at radius 2 is 2.06 bits per heavy atom. The molecular weight excluding hydrogens is 228 g/mol. The Labute approximate surface area is 111 Å². The first kappa shape index (κ1) is 15.4. The summed E-state index contributed by atoms with van der Waals surface area (Å²) < 4.78 is 0. The van der Waals surface area contributed by atoms with Gasteiger partial charge in [-0.1, -0.05) is 6.92 Å². The summed E-state index contributed by atoms with van der Waals surface area (Å²) in [5.74, 6) is 0.791. The predicted molar refractivity (Wildman–Crippen MR) is 73.3 cm³/mol. The molecule has 18 heavy (non-hydrogen) atoms. The summed E-state index contributed by atoms with van der Waals surface area (Å²) in [6.45, 7) is 9.21. The van der Waals surface area contributed by atoms with Crippen LogP contribution in [0, 0.1) is 5.92 Å². The quantitative estimate of drug-likeness (QED) is 0.781. The molecule has 1 aliphatic rings. The van der Waals surface area contributed by atoms with E-state index in [2.05, 4.69) is 19.2 Å². The average molecular weight is 256 g/mol. The van der Waals surface area contributed by atoms with Crippen molar-refractivity contribution in [3.05, 3.63) is 0 Å². The van der Waals surface area contributed by atoms with E-state index < -0.39 is 0 Å². The van der Waals surface area contributed by atoms with Crippen LogP contribution in [0.3, 0.4) is 0 Å². The lowest BCUT2D eigenvalue weighted by atomic mass is 9.89. The molecule has 2 N–H and O–H groups in total. The maximum atomic E-state index is 12.5. The van der Waals surface area contributed by atoms with Crippen molar-refractivity contribution in [3.8, 4) is 0 Å². The van der Waals surface area contributed by atoms with E-state index in [-0.39, 0.29) is 24.6 Å². The number of aliphatic hydroxyl groups excluding tert-OH is 1. The largest absolute Gasteiger partial charge is 0.396 e. The van der Waals surface area contributed by atoms with Gasteiger partial charge in [0, 0.05) is 25.2 Å². The Morgan fingerprint density at radius 3 is 2.56 bits per heavy atom. The third kappa shape index (κ3) is 4.25. The summed E-state index contributed by atoms with van der Waals surface area (Å²) in [6.07, 6.45) is 2.72. The molecule has 4 heteroatoms. The van der Waals surface area contributed by atoms with Gasteiger partial charge < -0.3 is 15.3 Å². The topological polar surface area (TPSA) is 52.6 Å². The molecule has 0 aromatic heterocycles. The zero-order valence-corrected chi connectivity index (χ0v) is 12.1. The highest BCUT2D eigenvalue weighted by Crippen LogP contribution is 2.21. The van der Waals surface area contributed by atoms with Crippen molar-refractivity contribution in [1.82, 2.24) is 10.2 Å². The molecule has 0 bridgehead atoms. The molecule has 4 nitrogen and oxygen atoms in total. The number of hydrogen-bond donors (Lipinski definition) is 2. The molecule has 1 rings (SSSR count). The smallest absolute Gasteiger partial charge is 0.239 e. The van der Waals surface area contributed by atoms with E-state index in [1.807, 2.05) is 18.7 Å². The van der Waals surface area contributed by atoms with Crippen LogP contribution in [0.5, 0.6) is 0 Å². The summed E-state index contributed by atoms with van der Waals surface area (Å²) >= 11 is 0. The van der Waals surface area contributed by atoms with E-state index in [9.17, 15) is 4.79 Å². The van der Waals surface area contributed by atoms with Gasteiger partial charge in [-0.3, -0.25) is 4.79 Å². The molecule has 0 saturated carbocycles. The van der Waals surface area contributed by atoms with Gasteiger partial charge in [-0.05, 0) is 46.0 Å². The molecule has 3 unspecified atom stereocenters. The molecule has 0 radical (unpaired) electrons. The van der Waals surface area contributed by atoms with Gasteiger partial charge in [-0.15, -0.1) is 0 Å². The summed E-state index contributed by atoms with van der Waals surface area (Å²) in [4.78, 5) is 14.4. The van der Waals surface area contributed by atoms with Gasteiger partial charge >= 0.3 is 0 Å². The number of carbonyl (C=O) groups excluding carboxylic acids is 1. The van der Waals surface area contributed by atoms with E-state index in [0.717, 1.165) is 12.8 Å². The van der Waals surface area contributed by atoms with E-state index in [0.29, 0.717) is 24.9 Å². The summed E-state index contributed by atoms with van der Waals surface area (Å²) in [5, 5.41) is 12.3. The number of aliphatic hydroxyl groups is 1. The highest BCUT2D eigenvalue weighted by atomic mass is 16.3. The molecule has 0 spiro atoms. The lowest BCUT2D eigenvalue weighted by molar-refractivity contribution is -0.136. The van der Waals surface area contributed by atoms with Gasteiger partial charge in [-0.2, -0.15) is 0 Å². The van der Waals surface area contributed by atoms with Crippen molar-refractivity contribution in [2.45, 2.75) is 65.1 Å². The van der Waals surface area contributed by atoms with Gasteiger partial charge in [-0.25, -0.2) is 0 Å². The summed E-state index contributed by atoms with van der Waals surface area (Å²) in [6, 6.07) is 0.554. The second-order valence-corrected chi connectivity index (χ2v) is 5.90. The molecule has 0 aromatic carbocycles. The molecule has 1 saturated heterocycles. The number of nitrogens with one attached hydrogen (secondary N) is 1. The van der Waals surface area contributed by atoms with Crippen molar-refractivity contribution in [3.63, 3.8) is 0 Å². The number of rotatable bonds is 5. The van der Waals surface area contributed by atoms with Gasteiger partial charge in [0.1, 0.15) is 0 Å². The second kappa shape index (κ2) is 7.10. The standard InChI is InChI=1S/C14H28N2O2/c1-10(2)16(6-5-7-17)14(18)13-9-11(3)8-12(4)15-13/h10-13,15,17H,5-9H2,1-4H3. The zero-order valence-electron chi connectivity index (χ0n) is 12.1. The maximum absolute atomic E-state index is 12.5. The van der Waals surface area contributed by atoms with E-state index >= 15 is 0 Å². The molecule has 106 valence electrons. The van der Waals surface area contributed by atoms with Crippen LogP contribution in [0.4, 0.5) is 0 Å². The molecule has 1 fully saturated rings. The molecule has 1 amide bonds. The fourth-order valence-electron chi connectivity index (χ4n) is 2.82. The molecule has 3 atom stereocenters. The van der Waals surface area contributed by atoms with E-state index in [4.69, 9.17) is 5.11 Å². The van der Waals surface area contributed by atoms with Crippen LogP contribution in [0.25, 0.3) is 0 Å². The SMILES string of the molecule is CC1CC(C)NC(C(=O)N(CCCO)C(C)C)C1. The predicted octanol–water partition coefficient (Wildman–Crippen LogP) is 1.38. The van der Waals surface area contributed by atoms with Gasteiger partial charge in [0.25, 0.3) is 0 Å². The Hall–Kier alpha value is -0.610. The highest BCUT2D eigenvalue weighted by molar-refractivity contribution is 5.82. The Balaban J connectivity index is 2.63. The Kier molecular flexibility index (Phi) is 6.09. The highest BCUT2D eigenvalue weighted by Gasteiger charge is 2.31. The number of piperidine rings is 1. The minimum Gasteiger partial charge on any atom is -0.396 e. The third-order valence-electron chi connectivity index (χ3n) is 3.64. The molecule has 1 heterocycles. The normalized spacial score (nSPS) is 28.4. The minimum absolute atomic E-state index is 0.0511. The van der Waals surface area contributed by atoms with Crippen molar-refractivity contribution in [2.75, 3.05) is 13.2 Å². The molecule has 0 aliphatic carbocycles. The lowest BCUT2D eigenvalue weighted by Gasteiger charge is -2.37. The summed E-state index contributed by atoms with van der Waals surface area (Å²) in [7, 11) is 0. The van der Waals surface area contributed by atoms with Crippen LogP contribution in [-0.4, -0.2) is 47.2 Å². The fraction of sp³-hybridized carbons (Fsp3) is 0.929. The van der Waals surface area contributed by atoms with Crippen LogP contribution in [0.2, 0.25) is 0 Å². The van der Waals surface area contributed by atoms with E-state index in [1.54, 1.807) is 0 Å². The first-order chi connectivity index (χ1) is 8.45. The monoisotopic (exact) mass is 256 g/mol. The van der Waals surface area contributed by atoms with Crippen LogP contribution in [-0.2, 0) is 4.79 Å². The second-order valence-electron chi connectivity index (χ2n) is 5.90. The molecule has 0 aromatic rings. The van der Waals surface area contributed by atoms with Crippen LogP contribution in [0.15, 0.2) is 0 Å². The first-order valence-corrected chi connectivity index (χ1v) is 7.13. The zero-order chi connectivity index (χ0) is 13.7. The lowest BCUT2D eigenvalue weighted by Crippen LogP contribution is -2.54. The first-order valence-electron chi connectivity index (χ1n) is 7.13. The number of hydrogen-bond acceptors (Lipinski definition) is 3. The van der Waals surface area contributed by atoms with Gasteiger partial charge in [0.2, 0.25) is 5.91 Å². The van der Waals surface area contributed by atoms with Crippen molar-refractivity contribution >= 4 is 5.91 Å². The molecular formula is C14H28N2O2. The van der Waals surface area contributed by atoms with Crippen molar-refractivity contribution < 1.29 is 9.90 Å². The van der Waals surface area contributed by atoms with Crippen molar-refractivity contribution in [2.24, 2.45) is 5.92 Å². The fourth-order valence-corrected chi connectivity index (χ4v) is 2.82. The van der Waals surface area contributed by atoms with Crippen LogP contribution >= 0.6 is 0 Å². The minimum atomic E-state index is -0.0511. The van der Waals surface area contributed by atoms with E-state index in [1.165, 1.54) is 0 Å². The van der Waals surface area contributed by atoms with Gasteiger partial charge in [0.15, 0.2) is 0 Å². The Morgan fingerprint density at radius 1 is 1.39 bits per heavy atom. The number of amides is 1. The molecule has 1 aliphatic heterocycles. The maximum Gasteiger partial charge on any atom is 0.239 e.